The Bertz CT molecular complexity index is 579. The number of thioether (sulfide) groups is 1. The quantitative estimate of drug-likeness (QED) is 0.772. The molecule has 0 saturated carbocycles. The molecular weight excluding hydrogens is 317 g/mol. The van der Waals surface area contributed by atoms with Crippen LogP contribution in [0.4, 0.5) is 13.2 Å². The molecule has 2 aromatic rings. The van der Waals surface area contributed by atoms with Crippen LogP contribution in [0.25, 0.3) is 10.6 Å². The third kappa shape index (κ3) is 4.72. The maximum absolute atomic E-state index is 12.3. The van der Waals surface area contributed by atoms with Gasteiger partial charge in [0.2, 0.25) is 0 Å². The first-order chi connectivity index (χ1) is 9.89. The van der Waals surface area contributed by atoms with Gasteiger partial charge in [-0.3, -0.25) is 0 Å². The summed E-state index contributed by atoms with van der Waals surface area (Å²) in [6.45, 7) is 4.97. The highest BCUT2D eigenvalue weighted by Gasteiger charge is 2.29. The smallest absolute Gasteiger partial charge is 0.310 e. The maximum Gasteiger partial charge on any atom is 0.446 e. The fourth-order valence-electron chi connectivity index (χ4n) is 1.83. The lowest BCUT2D eigenvalue weighted by atomic mass is 10.2. The van der Waals surface area contributed by atoms with E-state index in [1.807, 2.05) is 13.1 Å². The molecule has 0 aliphatic heterocycles. The number of aromatic nitrogens is 1. The fraction of sp³-hybridized carbons (Fsp3) is 0.357. The zero-order valence-corrected chi connectivity index (χ0v) is 13.2. The van der Waals surface area contributed by atoms with Crippen LogP contribution in [0.2, 0.25) is 0 Å². The van der Waals surface area contributed by atoms with Crippen LogP contribution in [0.3, 0.4) is 0 Å². The number of benzene rings is 1. The van der Waals surface area contributed by atoms with Gasteiger partial charge in [0.15, 0.2) is 0 Å². The minimum absolute atomic E-state index is 0.106. The number of thiazole rings is 1. The summed E-state index contributed by atoms with van der Waals surface area (Å²) in [4.78, 5) is 5.64. The van der Waals surface area contributed by atoms with Gasteiger partial charge in [0.05, 0.1) is 0 Å². The van der Waals surface area contributed by atoms with Gasteiger partial charge in [-0.1, -0.05) is 19.1 Å². The predicted molar refractivity (Wildman–Crippen MR) is 81.6 cm³/mol. The van der Waals surface area contributed by atoms with Crippen LogP contribution in [0.1, 0.15) is 24.8 Å². The third-order valence-corrected chi connectivity index (χ3v) is 4.76. The van der Waals surface area contributed by atoms with Crippen LogP contribution in [-0.4, -0.2) is 17.0 Å². The van der Waals surface area contributed by atoms with Crippen LogP contribution in [0, 0.1) is 0 Å². The van der Waals surface area contributed by atoms with Crippen molar-refractivity contribution >= 4 is 23.1 Å². The lowest BCUT2D eigenvalue weighted by Gasteiger charge is -2.08. The van der Waals surface area contributed by atoms with Gasteiger partial charge in [-0.2, -0.15) is 13.2 Å². The lowest BCUT2D eigenvalue weighted by molar-refractivity contribution is -0.0328. The van der Waals surface area contributed by atoms with Gasteiger partial charge in [-0.15, -0.1) is 11.3 Å². The molecule has 1 N–H and O–H groups in total. The molecule has 0 fully saturated rings. The molecule has 114 valence electrons. The van der Waals surface area contributed by atoms with E-state index in [1.54, 1.807) is 23.5 Å². The molecule has 2 nitrogen and oxygen atoms in total. The van der Waals surface area contributed by atoms with E-state index in [9.17, 15) is 13.2 Å². The number of hydrogen-bond donors (Lipinski definition) is 1. The molecule has 0 bridgehead atoms. The van der Waals surface area contributed by atoms with Gasteiger partial charge < -0.3 is 5.32 Å². The molecular formula is C14H15F3N2S2. The van der Waals surface area contributed by atoms with E-state index < -0.39 is 5.51 Å². The molecule has 1 heterocycles. The molecule has 2 rings (SSSR count). The molecule has 0 spiro atoms. The first-order valence-electron chi connectivity index (χ1n) is 6.44. The van der Waals surface area contributed by atoms with Crippen LogP contribution in [0.15, 0.2) is 35.4 Å². The zero-order chi connectivity index (χ0) is 15.5. The SMILES string of the molecule is CCNC(C)c1cnc(-c2ccc(SC(F)(F)F)cc2)s1. The van der Waals surface area contributed by atoms with Crippen molar-refractivity contribution in [2.45, 2.75) is 30.3 Å². The number of alkyl halides is 3. The molecule has 1 unspecified atom stereocenters. The van der Waals surface area contributed by atoms with E-state index in [0.29, 0.717) is 0 Å². The average molecular weight is 332 g/mol. The van der Waals surface area contributed by atoms with Gasteiger partial charge in [-0.25, -0.2) is 4.98 Å². The highest BCUT2D eigenvalue weighted by Crippen LogP contribution is 2.38. The minimum Gasteiger partial charge on any atom is -0.310 e. The average Bonchev–Trinajstić information content (AvgIpc) is 2.87. The van der Waals surface area contributed by atoms with E-state index in [2.05, 4.69) is 17.2 Å². The second kappa shape index (κ2) is 6.81. The Kier molecular flexibility index (Phi) is 5.29. The lowest BCUT2D eigenvalue weighted by Crippen LogP contribution is -2.16. The Morgan fingerprint density at radius 2 is 1.95 bits per heavy atom. The Balaban J connectivity index is 2.12. The number of nitrogens with zero attached hydrogens (tertiary/aromatic N) is 1. The van der Waals surface area contributed by atoms with Crippen molar-refractivity contribution < 1.29 is 13.2 Å². The Morgan fingerprint density at radius 1 is 1.29 bits per heavy atom. The summed E-state index contributed by atoms with van der Waals surface area (Å²) < 4.78 is 36.8. The molecule has 1 aromatic carbocycles. The predicted octanol–water partition coefficient (Wildman–Crippen LogP) is 5.09. The summed E-state index contributed by atoms with van der Waals surface area (Å²) in [7, 11) is 0. The topological polar surface area (TPSA) is 24.9 Å². The minimum atomic E-state index is -4.25. The second-order valence-corrected chi connectivity index (χ2v) is 6.62. The molecule has 7 heteroatoms. The van der Waals surface area contributed by atoms with Crippen molar-refractivity contribution in [2.75, 3.05) is 6.54 Å². The molecule has 21 heavy (non-hydrogen) atoms. The number of rotatable bonds is 5. The van der Waals surface area contributed by atoms with Crippen molar-refractivity contribution in [3.05, 3.63) is 35.3 Å². The van der Waals surface area contributed by atoms with Crippen LogP contribution >= 0.6 is 23.1 Å². The number of hydrogen-bond acceptors (Lipinski definition) is 4. The van der Waals surface area contributed by atoms with Gasteiger partial charge in [0.25, 0.3) is 0 Å². The van der Waals surface area contributed by atoms with Crippen molar-refractivity contribution in [3.63, 3.8) is 0 Å². The van der Waals surface area contributed by atoms with Gasteiger partial charge in [0.1, 0.15) is 5.01 Å². The zero-order valence-electron chi connectivity index (χ0n) is 11.6. The summed E-state index contributed by atoms with van der Waals surface area (Å²) in [6.07, 6.45) is 1.81. The summed E-state index contributed by atoms with van der Waals surface area (Å²) in [5.41, 5.74) is -3.42. The van der Waals surface area contributed by atoms with E-state index in [-0.39, 0.29) is 22.7 Å². The Hall–Kier alpha value is -1.05. The molecule has 0 saturated heterocycles. The van der Waals surface area contributed by atoms with Crippen molar-refractivity contribution in [2.24, 2.45) is 0 Å². The normalized spacial score (nSPS) is 13.4. The number of nitrogens with one attached hydrogen (secondary N) is 1. The summed E-state index contributed by atoms with van der Waals surface area (Å²) in [5.74, 6) is 0. The van der Waals surface area contributed by atoms with Gasteiger partial charge in [-0.05, 0) is 37.4 Å². The van der Waals surface area contributed by atoms with Crippen LogP contribution in [0.5, 0.6) is 0 Å². The van der Waals surface area contributed by atoms with Crippen molar-refractivity contribution in [3.8, 4) is 10.6 Å². The summed E-state index contributed by atoms with van der Waals surface area (Å²) in [5, 5.41) is 4.12. The van der Waals surface area contributed by atoms with Gasteiger partial charge >= 0.3 is 5.51 Å². The van der Waals surface area contributed by atoms with E-state index in [1.165, 1.54) is 12.1 Å². The van der Waals surface area contributed by atoms with Crippen LogP contribution < -0.4 is 5.32 Å². The first kappa shape index (κ1) is 16.3. The van der Waals surface area contributed by atoms with Crippen molar-refractivity contribution in [1.29, 1.82) is 0 Å². The summed E-state index contributed by atoms with van der Waals surface area (Å²) >= 11 is 1.44. The summed E-state index contributed by atoms with van der Waals surface area (Å²) in [6, 6.07) is 6.52. The first-order valence-corrected chi connectivity index (χ1v) is 8.07. The molecule has 1 atom stereocenters. The van der Waals surface area contributed by atoms with E-state index >= 15 is 0 Å². The Morgan fingerprint density at radius 3 is 2.52 bits per heavy atom. The molecule has 0 amide bonds. The maximum atomic E-state index is 12.3. The number of halogens is 3. The molecule has 1 aromatic heterocycles. The second-order valence-electron chi connectivity index (χ2n) is 4.42. The van der Waals surface area contributed by atoms with E-state index in [0.717, 1.165) is 22.0 Å². The Labute approximate surface area is 129 Å². The highest BCUT2D eigenvalue weighted by molar-refractivity contribution is 8.00. The monoisotopic (exact) mass is 332 g/mol. The largest absolute Gasteiger partial charge is 0.446 e. The van der Waals surface area contributed by atoms with Crippen LogP contribution in [-0.2, 0) is 0 Å². The molecule has 0 aliphatic rings. The molecule has 0 aliphatic carbocycles. The highest BCUT2D eigenvalue weighted by atomic mass is 32.2. The van der Waals surface area contributed by atoms with Crippen molar-refractivity contribution in [1.82, 2.24) is 10.3 Å². The van der Waals surface area contributed by atoms with Gasteiger partial charge in [0, 0.05) is 27.6 Å². The third-order valence-electron chi connectivity index (χ3n) is 2.80. The fourth-order valence-corrected chi connectivity index (χ4v) is 3.31. The van der Waals surface area contributed by atoms with E-state index in [4.69, 9.17) is 0 Å². The molecule has 0 radical (unpaired) electrons. The standard InChI is InChI=1S/C14H15F3N2S2/c1-3-18-9(2)12-8-19-13(20-12)10-4-6-11(7-5-10)21-14(15,16)17/h4-9,18H,3H2,1-2H3.